The molecular formula is C12H30O6S2Si2. The summed E-state index contributed by atoms with van der Waals surface area (Å²) in [6, 6.07) is 0.725. The van der Waals surface area contributed by atoms with Crippen molar-refractivity contribution in [1.29, 1.82) is 0 Å². The topological polar surface area (TPSA) is 55.4 Å². The molecule has 0 spiro atoms. The van der Waals surface area contributed by atoms with Crippen LogP contribution in [0.5, 0.6) is 0 Å². The highest BCUT2D eigenvalue weighted by molar-refractivity contribution is 8.26. The fourth-order valence-electron chi connectivity index (χ4n) is 1.84. The molecule has 0 rings (SSSR count). The average Bonchev–Trinajstić information content (AvgIpc) is 2.51. The van der Waals surface area contributed by atoms with E-state index in [4.69, 9.17) is 26.6 Å². The molecule has 10 heteroatoms. The Hall–Kier alpha value is 0.894. The molecule has 0 heterocycles. The third-order valence-corrected chi connectivity index (χ3v) is 11.4. The second kappa shape index (κ2) is 13.2. The van der Waals surface area contributed by atoms with Gasteiger partial charge in [0.1, 0.15) is 0 Å². The standard InChI is InChI=1S/C12H30O6S2Si2/c1-6-15-22(16-7-2,17-8-3)20-10-9-11-21(13-4,14-5)18-12-19/h19H,6-12H2,1-5H3. The normalized spacial score (nSPS) is 12.8. The van der Waals surface area contributed by atoms with Crippen LogP contribution in [0.2, 0.25) is 6.04 Å². The van der Waals surface area contributed by atoms with Gasteiger partial charge in [0.2, 0.25) is 0 Å². The lowest BCUT2D eigenvalue weighted by Crippen LogP contribution is -2.45. The van der Waals surface area contributed by atoms with Gasteiger partial charge in [0.15, 0.2) is 0 Å². The predicted molar refractivity (Wildman–Crippen MR) is 97.2 cm³/mol. The Morgan fingerprint density at radius 3 is 1.73 bits per heavy atom. The largest absolute Gasteiger partial charge is 0.573 e. The van der Waals surface area contributed by atoms with Crippen molar-refractivity contribution in [2.45, 2.75) is 33.2 Å². The summed E-state index contributed by atoms with van der Waals surface area (Å²) in [6.07, 6.45) is 0.869. The number of thiol groups is 1. The fraction of sp³-hybridized carbons (Fsp3) is 1.00. The van der Waals surface area contributed by atoms with Crippen molar-refractivity contribution in [2.24, 2.45) is 0 Å². The van der Waals surface area contributed by atoms with Crippen molar-refractivity contribution < 1.29 is 26.6 Å². The predicted octanol–water partition coefficient (Wildman–Crippen LogP) is 2.79. The Kier molecular flexibility index (Phi) is 13.8. The second-order valence-electron chi connectivity index (χ2n) is 4.12. The highest BCUT2D eigenvalue weighted by atomic mass is 32.4. The van der Waals surface area contributed by atoms with E-state index in [1.165, 1.54) is 0 Å². The molecule has 0 bridgehead atoms. The van der Waals surface area contributed by atoms with E-state index in [9.17, 15) is 0 Å². The van der Waals surface area contributed by atoms with Crippen LogP contribution >= 0.6 is 23.8 Å². The maximum atomic E-state index is 5.81. The first-order chi connectivity index (χ1) is 10.6. The van der Waals surface area contributed by atoms with Crippen LogP contribution in [-0.4, -0.2) is 62.5 Å². The Bertz CT molecular complexity index is 255. The summed E-state index contributed by atoms with van der Waals surface area (Å²) >= 11 is 5.72. The zero-order valence-electron chi connectivity index (χ0n) is 14.3. The summed E-state index contributed by atoms with van der Waals surface area (Å²) in [6.45, 7) is 7.60. The molecule has 0 N–H and O–H groups in total. The minimum Gasteiger partial charge on any atom is -0.377 e. The van der Waals surface area contributed by atoms with Gasteiger partial charge in [-0.2, -0.15) is 12.6 Å². The van der Waals surface area contributed by atoms with Gasteiger partial charge in [0, 0.05) is 40.1 Å². The minimum absolute atomic E-state index is 0.288. The van der Waals surface area contributed by atoms with Crippen molar-refractivity contribution in [3.05, 3.63) is 0 Å². The van der Waals surface area contributed by atoms with Crippen molar-refractivity contribution >= 4 is 40.6 Å². The molecule has 0 aliphatic rings. The lowest BCUT2D eigenvalue weighted by atomic mass is 10.6. The van der Waals surface area contributed by atoms with Gasteiger partial charge >= 0.3 is 16.8 Å². The quantitative estimate of drug-likeness (QED) is 0.200. The number of hydrogen-bond donors (Lipinski definition) is 1. The Labute approximate surface area is 146 Å². The Balaban J connectivity index is 4.47. The van der Waals surface area contributed by atoms with Crippen LogP contribution in [0.4, 0.5) is 0 Å². The summed E-state index contributed by atoms with van der Waals surface area (Å²) in [4.78, 5) is 0. The van der Waals surface area contributed by atoms with Crippen LogP contribution in [0.15, 0.2) is 0 Å². The molecular weight excluding hydrogens is 360 g/mol. The van der Waals surface area contributed by atoms with E-state index >= 15 is 0 Å². The molecule has 0 aromatic heterocycles. The summed E-state index contributed by atoms with van der Waals surface area (Å²) in [7, 11) is -1.99. The van der Waals surface area contributed by atoms with E-state index in [0.29, 0.717) is 19.8 Å². The monoisotopic (exact) mass is 390 g/mol. The van der Waals surface area contributed by atoms with Crippen molar-refractivity contribution in [2.75, 3.05) is 45.7 Å². The first-order valence-electron chi connectivity index (χ1n) is 7.48. The third kappa shape index (κ3) is 8.13. The third-order valence-electron chi connectivity index (χ3n) is 2.78. The molecule has 0 radical (unpaired) electrons. The molecule has 0 atom stereocenters. The van der Waals surface area contributed by atoms with Crippen LogP contribution in [0.3, 0.4) is 0 Å². The van der Waals surface area contributed by atoms with E-state index in [-0.39, 0.29) is 5.94 Å². The maximum Gasteiger partial charge on any atom is 0.573 e. The average molecular weight is 391 g/mol. The second-order valence-corrected chi connectivity index (χ2v) is 12.3. The SMILES string of the molecule is CCO[Si](OCC)(OCC)SCCC[Si](OC)(OC)OCS. The maximum absolute atomic E-state index is 5.81. The van der Waals surface area contributed by atoms with E-state index in [1.54, 1.807) is 25.4 Å². The number of rotatable bonds is 15. The van der Waals surface area contributed by atoms with E-state index < -0.39 is 16.8 Å². The molecule has 22 heavy (non-hydrogen) atoms. The zero-order chi connectivity index (χ0) is 16.9. The summed E-state index contributed by atoms with van der Waals surface area (Å²) in [5, 5.41) is 0. The lowest BCUT2D eigenvalue weighted by molar-refractivity contribution is 0.0965. The molecule has 0 aromatic carbocycles. The smallest absolute Gasteiger partial charge is 0.377 e. The van der Waals surface area contributed by atoms with Crippen LogP contribution < -0.4 is 0 Å². The van der Waals surface area contributed by atoms with Crippen molar-refractivity contribution in [3.63, 3.8) is 0 Å². The van der Waals surface area contributed by atoms with Gasteiger partial charge in [-0.3, -0.25) is 0 Å². The highest BCUT2D eigenvalue weighted by Crippen LogP contribution is 2.27. The summed E-state index contributed by atoms with van der Waals surface area (Å²) < 4.78 is 33.9. The van der Waals surface area contributed by atoms with Crippen molar-refractivity contribution in [1.82, 2.24) is 0 Å². The highest BCUT2D eigenvalue weighted by Gasteiger charge is 2.43. The Morgan fingerprint density at radius 1 is 0.864 bits per heavy atom. The van der Waals surface area contributed by atoms with Gasteiger partial charge in [-0.05, 0) is 32.9 Å². The molecule has 0 saturated heterocycles. The Morgan fingerprint density at radius 2 is 1.36 bits per heavy atom. The first-order valence-corrected chi connectivity index (χ1v) is 13.5. The lowest BCUT2D eigenvalue weighted by Gasteiger charge is -2.28. The van der Waals surface area contributed by atoms with E-state index in [2.05, 4.69) is 12.6 Å². The molecule has 0 amide bonds. The summed E-state index contributed by atoms with van der Waals surface area (Å²) in [5.74, 6) is 1.13. The molecule has 0 fully saturated rings. The molecule has 134 valence electrons. The van der Waals surface area contributed by atoms with Gasteiger partial charge in [-0.1, -0.05) is 11.2 Å². The molecule has 0 unspecified atom stereocenters. The van der Waals surface area contributed by atoms with Gasteiger partial charge in [-0.15, -0.1) is 0 Å². The van der Waals surface area contributed by atoms with Crippen LogP contribution in [0.25, 0.3) is 0 Å². The van der Waals surface area contributed by atoms with Gasteiger partial charge in [0.05, 0.1) is 5.94 Å². The molecule has 0 aromatic rings. The van der Waals surface area contributed by atoms with Gasteiger partial charge in [0.25, 0.3) is 0 Å². The van der Waals surface area contributed by atoms with Gasteiger partial charge < -0.3 is 26.6 Å². The summed E-state index contributed by atoms with van der Waals surface area (Å²) in [5.41, 5.74) is 0. The van der Waals surface area contributed by atoms with E-state index in [0.717, 1.165) is 18.2 Å². The molecule has 0 saturated carbocycles. The molecule has 0 aliphatic heterocycles. The van der Waals surface area contributed by atoms with E-state index in [1.807, 2.05) is 20.8 Å². The first kappa shape index (κ1) is 22.9. The van der Waals surface area contributed by atoms with Crippen LogP contribution in [-0.2, 0) is 26.6 Å². The zero-order valence-corrected chi connectivity index (χ0v) is 18.0. The fourth-order valence-corrected chi connectivity index (χ4v) is 9.54. The van der Waals surface area contributed by atoms with Crippen LogP contribution in [0, 0.1) is 0 Å². The number of hydrogen-bond acceptors (Lipinski definition) is 8. The molecule has 6 nitrogen and oxygen atoms in total. The van der Waals surface area contributed by atoms with Gasteiger partial charge in [-0.25, -0.2) is 0 Å². The van der Waals surface area contributed by atoms with Crippen molar-refractivity contribution in [3.8, 4) is 0 Å². The molecule has 0 aliphatic carbocycles. The minimum atomic E-state index is -2.64. The van der Waals surface area contributed by atoms with Crippen LogP contribution in [0.1, 0.15) is 27.2 Å².